The maximum Gasteiger partial charge on any atom is 0.270 e. The van der Waals surface area contributed by atoms with Crippen LogP contribution in [-0.4, -0.2) is 59.0 Å². The van der Waals surface area contributed by atoms with Crippen molar-refractivity contribution >= 4 is 33.4 Å². The van der Waals surface area contributed by atoms with Crippen molar-refractivity contribution in [1.29, 1.82) is 0 Å². The molecule has 3 heterocycles. The number of methoxy groups -OCH3 is 1. The fourth-order valence-corrected chi connectivity index (χ4v) is 5.20. The van der Waals surface area contributed by atoms with Crippen molar-refractivity contribution in [3.05, 3.63) is 53.0 Å². The van der Waals surface area contributed by atoms with Crippen LogP contribution in [0.4, 0.5) is 0 Å². The lowest BCUT2D eigenvalue weighted by Gasteiger charge is -2.42. The second-order valence-electron chi connectivity index (χ2n) is 9.50. The van der Waals surface area contributed by atoms with Gasteiger partial charge < -0.3 is 19.1 Å². The molecule has 170 valence electrons. The molecule has 3 aromatic rings. The van der Waals surface area contributed by atoms with Gasteiger partial charge in [0.2, 0.25) is 5.91 Å². The SMILES string of the molecule is COc1cccc(Cn2c(C(=O)N3CCN(C(=O)C(C)(C)C)C(C)C3)cc3ccsc32)c1. The average molecular weight is 454 g/mol. The standard InChI is InChI=1S/C25H31N3O3S/c1-17-15-26(10-11-27(17)24(30)25(2,3)4)22(29)21-14-19-9-12-32-23(19)28(21)16-18-7-6-8-20(13-18)31-5/h6-9,12-14,17H,10-11,15-16H2,1-5H3. The average Bonchev–Trinajstić information content (AvgIpc) is 3.35. The van der Waals surface area contributed by atoms with Gasteiger partial charge in [-0.3, -0.25) is 9.59 Å². The molecule has 1 aromatic carbocycles. The summed E-state index contributed by atoms with van der Waals surface area (Å²) in [6.07, 6.45) is 0. The third-order valence-corrected chi connectivity index (χ3v) is 6.97. The van der Waals surface area contributed by atoms with Crippen LogP contribution in [0.2, 0.25) is 0 Å². The van der Waals surface area contributed by atoms with Gasteiger partial charge in [0, 0.05) is 43.0 Å². The van der Waals surface area contributed by atoms with Crippen molar-refractivity contribution in [3.63, 3.8) is 0 Å². The van der Waals surface area contributed by atoms with E-state index in [0.717, 1.165) is 21.5 Å². The summed E-state index contributed by atoms with van der Waals surface area (Å²) in [4.78, 5) is 31.3. The number of thiophene rings is 1. The fraction of sp³-hybridized carbons (Fsp3) is 0.440. The maximum absolute atomic E-state index is 13.6. The lowest BCUT2D eigenvalue weighted by atomic mass is 9.93. The molecule has 0 N–H and O–H groups in total. The van der Waals surface area contributed by atoms with Crippen molar-refractivity contribution < 1.29 is 14.3 Å². The lowest BCUT2D eigenvalue weighted by Crippen LogP contribution is -2.57. The number of aromatic nitrogens is 1. The molecule has 2 aromatic heterocycles. The second-order valence-corrected chi connectivity index (χ2v) is 10.4. The summed E-state index contributed by atoms with van der Waals surface area (Å²) in [5.41, 5.74) is 1.35. The molecule has 2 amide bonds. The normalized spacial score (nSPS) is 17.1. The Kier molecular flexibility index (Phi) is 6.03. The molecule has 0 aliphatic carbocycles. The van der Waals surface area contributed by atoms with Gasteiger partial charge in [-0.2, -0.15) is 0 Å². The van der Waals surface area contributed by atoms with Crippen molar-refractivity contribution in [2.75, 3.05) is 26.7 Å². The summed E-state index contributed by atoms with van der Waals surface area (Å²) in [5, 5.41) is 3.13. The number of piperazine rings is 1. The summed E-state index contributed by atoms with van der Waals surface area (Å²) in [6.45, 7) is 10.1. The Morgan fingerprint density at radius 1 is 1.16 bits per heavy atom. The van der Waals surface area contributed by atoms with Crippen LogP contribution in [0, 0.1) is 5.41 Å². The molecule has 0 bridgehead atoms. The van der Waals surface area contributed by atoms with Crippen LogP contribution >= 0.6 is 11.3 Å². The zero-order valence-electron chi connectivity index (χ0n) is 19.4. The molecule has 1 atom stereocenters. The summed E-state index contributed by atoms with van der Waals surface area (Å²) < 4.78 is 7.48. The number of benzene rings is 1. The smallest absolute Gasteiger partial charge is 0.270 e. The van der Waals surface area contributed by atoms with E-state index in [0.29, 0.717) is 31.9 Å². The lowest BCUT2D eigenvalue weighted by molar-refractivity contribution is -0.143. The van der Waals surface area contributed by atoms with Crippen LogP contribution in [0.25, 0.3) is 10.2 Å². The highest BCUT2D eigenvalue weighted by Gasteiger charge is 2.35. The minimum absolute atomic E-state index is 0.0117. The Morgan fingerprint density at radius 3 is 2.62 bits per heavy atom. The monoisotopic (exact) mass is 453 g/mol. The van der Waals surface area contributed by atoms with Gasteiger partial charge in [-0.05, 0) is 42.1 Å². The van der Waals surface area contributed by atoms with Gasteiger partial charge in [-0.25, -0.2) is 0 Å². The Labute approximate surface area is 193 Å². The first-order chi connectivity index (χ1) is 15.2. The third-order valence-electron chi connectivity index (χ3n) is 6.01. The molecule has 1 fully saturated rings. The highest BCUT2D eigenvalue weighted by Crippen LogP contribution is 2.29. The van der Waals surface area contributed by atoms with Gasteiger partial charge in [0.15, 0.2) is 0 Å². The fourth-order valence-electron chi connectivity index (χ4n) is 4.30. The number of rotatable bonds is 4. The third kappa shape index (κ3) is 4.26. The zero-order valence-corrected chi connectivity index (χ0v) is 20.2. The molecule has 7 heteroatoms. The number of hydrogen-bond acceptors (Lipinski definition) is 4. The highest BCUT2D eigenvalue weighted by molar-refractivity contribution is 7.16. The van der Waals surface area contributed by atoms with Crippen molar-refractivity contribution in [2.24, 2.45) is 5.41 Å². The molecule has 32 heavy (non-hydrogen) atoms. The van der Waals surface area contributed by atoms with Crippen molar-refractivity contribution in [1.82, 2.24) is 14.4 Å². The zero-order chi connectivity index (χ0) is 23.0. The van der Waals surface area contributed by atoms with Crippen LogP contribution in [0.1, 0.15) is 43.7 Å². The van der Waals surface area contributed by atoms with Crippen LogP contribution in [0.15, 0.2) is 41.8 Å². The predicted molar refractivity (Wildman–Crippen MR) is 128 cm³/mol. The number of amides is 2. The van der Waals surface area contributed by atoms with E-state index >= 15 is 0 Å². The summed E-state index contributed by atoms with van der Waals surface area (Å²) in [7, 11) is 1.66. The Hall–Kier alpha value is -2.80. The van der Waals surface area contributed by atoms with Gasteiger partial charge in [-0.1, -0.05) is 32.9 Å². The summed E-state index contributed by atoms with van der Waals surface area (Å²) in [5.74, 6) is 0.962. The van der Waals surface area contributed by atoms with Gasteiger partial charge in [0.1, 0.15) is 16.3 Å². The molecule has 0 radical (unpaired) electrons. The molecule has 6 nitrogen and oxygen atoms in total. The number of carbonyl (C=O) groups is 2. The van der Waals surface area contributed by atoms with Gasteiger partial charge in [0.05, 0.1) is 7.11 Å². The number of carbonyl (C=O) groups excluding carboxylic acids is 2. The molecule has 1 unspecified atom stereocenters. The second kappa shape index (κ2) is 8.62. The van der Waals surface area contributed by atoms with Crippen LogP contribution < -0.4 is 4.74 Å². The van der Waals surface area contributed by atoms with E-state index in [9.17, 15) is 9.59 Å². The van der Waals surface area contributed by atoms with E-state index in [1.165, 1.54) is 0 Å². The van der Waals surface area contributed by atoms with E-state index in [4.69, 9.17) is 4.74 Å². The molecule has 1 aliphatic rings. The van der Waals surface area contributed by atoms with Crippen LogP contribution in [0.3, 0.4) is 0 Å². The molecule has 1 aliphatic heterocycles. The van der Waals surface area contributed by atoms with Gasteiger partial charge in [0.25, 0.3) is 5.91 Å². The maximum atomic E-state index is 13.6. The quantitative estimate of drug-likeness (QED) is 0.585. The summed E-state index contributed by atoms with van der Waals surface area (Å²) >= 11 is 1.64. The number of nitrogens with zero attached hydrogens (tertiary/aromatic N) is 3. The van der Waals surface area contributed by atoms with Crippen molar-refractivity contribution in [3.8, 4) is 5.75 Å². The van der Waals surface area contributed by atoms with E-state index in [1.54, 1.807) is 18.4 Å². The molecule has 0 spiro atoms. The number of ether oxygens (including phenoxy) is 1. The first kappa shape index (κ1) is 22.4. The van der Waals surface area contributed by atoms with E-state index < -0.39 is 5.41 Å². The minimum atomic E-state index is -0.420. The Morgan fingerprint density at radius 2 is 1.94 bits per heavy atom. The molecular weight excluding hydrogens is 422 g/mol. The molecule has 0 saturated carbocycles. The van der Waals surface area contributed by atoms with E-state index in [-0.39, 0.29) is 17.9 Å². The first-order valence-electron chi connectivity index (χ1n) is 11.0. The Bertz CT molecular complexity index is 1140. The topological polar surface area (TPSA) is 54.8 Å². The van der Waals surface area contributed by atoms with E-state index in [1.807, 2.05) is 61.8 Å². The van der Waals surface area contributed by atoms with E-state index in [2.05, 4.69) is 22.1 Å². The first-order valence-corrected chi connectivity index (χ1v) is 11.9. The van der Waals surface area contributed by atoms with Gasteiger partial charge >= 0.3 is 0 Å². The minimum Gasteiger partial charge on any atom is -0.497 e. The summed E-state index contributed by atoms with van der Waals surface area (Å²) in [6, 6.07) is 12.0. The highest BCUT2D eigenvalue weighted by atomic mass is 32.1. The van der Waals surface area contributed by atoms with Crippen LogP contribution in [0.5, 0.6) is 5.75 Å². The largest absolute Gasteiger partial charge is 0.497 e. The molecular formula is C25H31N3O3S. The molecule has 1 saturated heterocycles. The Balaban J connectivity index is 1.59. The van der Waals surface area contributed by atoms with Crippen molar-refractivity contribution in [2.45, 2.75) is 40.3 Å². The molecule has 4 rings (SSSR count). The number of fused-ring (bicyclic) bond motifs is 1. The van der Waals surface area contributed by atoms with Gasteiger partial charge in [-0.15, -0.1) is 11.3 Å². The van der Waals surface area contributed by atoms with Crippen LogP contribution in [-0.2, 0) is 11.3 Å². The number of hydrogen-bond donors (Lipinski definition) is 0. The predicted octanol–water partition coefficient (Wildman–Crippen LogP) is 4.48.